The highest BCUT2D eigenvalue weighted by Gasteiger charge is 2.33. The lowest BCUT2D eigenvalue weighted by molar-refractivity contribution is -0.0157. The molecule has 0 aromatic heterocycles. The van der Waals surface area contributed by atoms with Gasteiger partial charge >= 0.3 is 0 Å². The van der Waals surface area contributed by atoms with Crippen molar-refractivity contribution in [1.82, 2.24) is 5.32 Å². The Balaban J connectivity index is 1.54. The largest absolute Gasteiger partial charge is 0.378 e. The molecule has 1 saturated carbocycles. The van der Waals surface area contributed by atoms with Crippen LogP contribution in [0.15, 0.2) is 28.7 Å². The van der Waals surface area contributed by atoms with Crippen molar-refractivity contribution < 1.29 is 4.74 Å². The van der Waals surface area contributed by atoms with Gasteiger partial charge in [-0.3, -0.25) is 0 Å². The van der Waals surface area contributed by atoms with E-state index in [4.69, 9.17) is 4.74 Å². The Labute approximate surface area is 105 Å². The number of nitrogens with one attached hydrogen (secondary N) is 1. The maximum absolute atomic E-state index is 5.16. The lowest BCUT2D eigenvalue weighted by Gasteiger charge is -2.41. The van der Waals surface area contributed by atoms with Crippen LogP contribution in [0.2, 0.25) is 0 Å². The summed E-state index contributed by atoms with van der Waals surface area (Å²) in [5.74, 6) is 0.731. The van der Waals surface area contributed by atoms with Crippen molar-refractivity contribution in [1.29, 1.82) is 0 Å². The topological polar surface area (TPSA) is 21.3 Å². The van der Waals surface area contributed by atoms with Gasteiger partial charge in [-0.2, -0.15) is 0 Å². The lowest BCUT2D eigenvalue weighted by Crippen LogP contribution is -2.53. The van der Waals surface area contributed by atoms with Crippen LogP contribution in [-0.4, -0.2) is 25.3 Å². The highest BCUT2D eigenvalue weighted by atomic mass is 79.9. The number of ether oxygens (including phenoxy) is 1. The summed E-state index contributed by atoms with van der Waals surface area (Å²) in [6.07, 6.45) is 2.53. The lowest BCUT2D eigenvalue weighted by atomic mass is 9.75. The molecule has 2 nitrogen and oxygen atoms in total. The number of benzene rings is 1. The summed E-state index contributed by atoms with van der Waals surface area (Å²) in [5, 5.41) is 3.63. The van der Waals surface area contributed by atoms with Crippen LogP contribution in [0.3, 0.4) is 0 Å². The van der Waals surface area contributed by atoms with Crippen LogP contribution in [0.4, 0.5) is 0 Å². The second kappa shape index (κ2) is 4.47. The number of hydrogen-bond acceptors (Lipinski definition) is 2. The molecule has 1 N–H and O–H groups in total. The average Bonchev–Trinajstić information content (AvgIpc) is 2.15. The first-order valence-electron chi connectivity index (χ1n) is 5.91. The van der Waals surface area contributed by atoms with E-state index in [9.17, 15) is 0 Å². The van der Waals surface area contributed by atoms with E-state index in [0.717, 1.165) is 19.1 Å². The maximum Gasteiger partial charge on any atom is 0.0643 e. The second-order valence-electron chi connectivity index (χ2n) is 4.79. The Hall–Kier alpha value is -0.380. The van der Waals surface area contributed by atoms with Crippen LogP contribution in [-0.2, 0) is 4.74 Å². The molecule has 1 heterocycles. The zero-order valence-electron chi connectivity index (χ0n) is 9.16. The molecule has 0 atom stereocenters. The molecule has 2 aliphatic rings. The van der Waals surface area contributed by atoms with Crippen LogP contribution in [0.25, 0.3) is 0 Å². The van der Waals surface area contributed by atoms with E-state index in [1.165, 1.54) is 22.9 Å². The first kappa shape index (κ1) is 10.8. The monoisotopic (exact) mass is 281 g/mol. The van der Waals surface area contributed by atoms with Crippen molar-refractivity contribution in [3.05, 3.63) is 34.3 Å². The third-order valence-electron chi connectivity index (χ3n) is 3.59. The minimum Gasteiger partial charge on any atom is -0.378 e. The van der Waals surface area contributed by atoms with Crippen molar-refractivity contribution in [3.8, 4) is 0 Å². The van der Waals surface area contributed by atoms with Gasteiger partial charge in [-0.25, -0.2) is 0 Å². The smallest absolute Gasteiger partial charge is 0.0643 e. The summed E-state index contributed by atoms with van der Waals surface area (Å²) in [4.78, 5) is 0. The summed E-state index contributed by atoms with van der Waals surface area (Å²) in [6, 6.07) is 9.89. The van der Waals surface area contributed by atoms with Crippen molar-refractivity contribution in [3.63, 3.8) is 0 Å². The predicted octanol–water partition coefficient (Wildman–Crippen LogP) is 2.68. The van der Waals surface area contributed by atoms with E-state index >= 15 is 0 Å². The second-order valence-corrected chi connectivity index (χ2v) is 5.64. The van der Waals surface area contributed by atoms with Gasteiger partial charge in [-0.05, 0) is 30.4 Å². The first-order valence-corrected chi connectivity index (χ1v) is 6.70. The molecule has 0 bridgehead atoms. The standard InChI is InChI=1S/C13H16BrNO/c14-13-4-2-1-3-12(13)9-5-10(6-9)15-11-7-16-8-11/h1-4,9-11,15H,5-8H2. The minimum absolute atomic E-state index is 0.616. The van der Waals surface area contributed by atoms with Crippen LogP contribution in [0.1, 0.15) is 24.3 Å². The fraction of sp³-hybridized carbons (Fsp3) is 0.538. The van der Waals surface area contributed by atoms with Gasteiger partial charge in [0.05, 0.1) is 19.3 Å². The fourth-order valence-corrected chi connectivity index (χ4v) is 3.09. The summed E-state index contributed by atoms with van der Waals surface area (Å²) < 4.78 is 6.42. The van der Waals surface area contributed by atoms with Gasteiger partial charge in [0.1, 0.15) is 0 Å². The number of halogens is 1. The van der Waals surface area contributed by atoms with Gasteiger partial charge in [-0.1, -0.05) is 34.1 Å². The van der Waals surface area contributed by atoms with Gasteiger partial charge in [0.2, 0.25) is 0 Å². The third-order valence-corrected chi connectivity index (χ3v) is 4.31. The molecule has 0 radical (unpaired) electrons. The molecule has 0 unspecified atom stereocenters. The third kappa shape index (κ3) is 2.04. The molecule has 16 heavy (non-hydrogen) atoms. The number of hydrogen-bond donors (Lipinski definition) is 1. The van der Waals surface area contributed by atoms with Crippen LogP contribution in [0.5, 0.6) is 0 Å². The molecule has 1 aliphatic carbocycles. The minimum atomic E-state index is 0.616. The fourth-order valence-electron chi connectivity index (χ4n) is 2.48. The zero-order chi connectivity index (χ0) is 11.0. The predicted molar refractivity (Wildman–Crippen MR) is 67.6 cm³/mol. The molecule has 86 valence electrons. The molecule has 1 aromatic rings. The molecule has 3 heteroatoms. The van der Waals surface area contributed by atoms with Crippen LogP contribution < -0.4 is 5.32 Å². The van der Waals surface area contributed by atoms with Crippen molar-refractivity contribution >= 4 is 15.9 Å². The van der Waals surface area contributed by atoms with E-state index < -0.39 is 0 Å². The Bertz CT molecular complexity index is 372. The van der Waals surface area contributed by atoms with Gasteiger partial charge in [0.25, 0.3) is 0 Å². The van der Waals surface area contributed by atoms with Gasteiger partial charge < -0.3 is 10.1 Å². The quantitative estimate of drug-likeness (QED) is 0.920. The molecular formula is C13H16BrNO. The molecule has 2 fully saturated rings. The van der Waals surface area contributed by atoms with Gasteiger partial charge in [0, 0.05) is 10.5 Å². The summed E-state index contributed by atoms with van der Waals surface area (Å²) in [7, 11) is 0. The highest BCUT2D eigenvalue weighted by molar-refractivity contribution is 9.10. The molecule has 0 spiro atoms. The Morgan fingerprint density at radius 1 is 1.12 bits per heavy atom. The average molecular weight is 282 g/mol. The van der Waals surface area contributed by atoms with Gasteiger partial charge in [-0.15, -0.1) is 0 Å². The summed E-state index contributed by atoms with van der Waals surface area (Å²) in [6.45, 7) is 1.80. The van der Waals surface area contributed by atoms with E-state index in [1.54, 1.807) is 0 Å². The highest BCUT2D eigenvalue weighted by Crippen LogP contribution is 2.40. The van der Waals surface area contributed by atoms with Crippen molar-refractivity contribution in [2.45, 2.75) is 30.8 Å². The van der Waals surface area contributed by atoms with E-state index in [-0.39, 0.29) is 0 Å². The van der Waals surface area contributed by atoms with Gasteiger partial charge in [0.15, 0.2) is 0 Å². The molecule has 0 amide bonds. The van der Waals surface area contributed by atoms with Crippen LogP contribution >= 0.6 is 15.9 Å². The molecule has 1 saturated heterocycles. The number of rotatable bonds is 3. The molecular weight excluding hydrogens is 266 g/mol. The van der Waals surface area contributed by atoms with Crippen LogP contribution in [0, 0.1) is 0 Å². The molecule has 3 rings (SSSR count). The van der Waals surface area contributed by atoms with Crippen molar-refractivity contribution in [2.24, 2.45) is 0 Å². The van der Waals surface area contributed by atoms with Crippen molar-refractivity contribution in [2.75, 3.05) is 13.2 Å². The SMILES string of the molecule is Brc1ccccc1C1CC(NC2COC2)C1. The molecule has 1 aromatic carbocycles. The molecule has 1 aliphatic heterocycles. The summed E-state index contributed by atoms with van der Waals surface area (Å²) >= 11 is 3.63. The first-order chi connectivity index (χ1) is 7.83. The Morgan fingerprint density at radius 2 is 1.88 bits per heavy atom. The van der Waals surface area contributed by atoms with E-state index in [2.05, 4.69) is 45.5 Å². The Morgan fingerprint density at radius 3 is 2.50 bits per heavy atom. The van der Waals surface area contributed by atoms with E-state index in [0.29, 0.717) is 12.1 Å². The maximum atomic E-state index is 5.16. The zero-order valence-corrected chi connectivity index (χ0v) is 10.7. The Kier molecular flexibility index (Phi) is 3.01. The van der Waals surface area contributed by atoms with E-state index in [1.807, 2.05) is 0 Å². The summed E-state index contributed by atoms with van der Waals surface area (Å²) in [5.41, 5.74) is 1.46. The normalized spacial score (nSPS) is 29.6.